The van der Waals surface area contributed by atoms with Gasteiger partial charge in [0.2, 0.25) is 0 Å². The van der Waals surface area contributed by atoms with Crippen LogP contribution in [-0.2, 0) is 6.42 Å². The van der Waals surface area contributed by atoms with E-state index in [-0.39, 0.29) is 5.91 Å². The second-order valence-corrected chi connectivity index (χ2v) is 7.49. The maximum Gasteiger partial charge on any atom is 0.273 e. The molecule has 0 radical (unpaired) electrons. The SMILES string of the molecule is CC(C)Cc1nc(C(=O)N2CCC(Nc3cccnn3)CC2)cs1. The third-order valence-corrected chi connectivity index (χ3v) is 4.93. The van der Waals surface area contributed by atoms with Crippen LogP contribution >= 0.6 is 11.3 Å². The molecule has 1 aliphatic rings. The highest BCUT2D eigenvalue weighted by atomic mass is 32.1. The highest BCUT2D eigenvalue weighted by molar-refractivity contribution is 7.09. The third kappa shape index (κ3) is 4.29. The smallest absolute Gasteiger partial charge is 0.273 e. The quantitative estimate of drug-likeness (QED) is 0.902. The van der Waals surface area contributed by atoms with Crippen molar-refractivity contribution in [3.63, 3.8) is 0 Å². The molecule has 3 heterocycles. The van der Waals surface area contributed by atoms with Crippen LogP contribution in [-0.4, -0.2) is 45.1 Å². The molecule has 0 atom stereocenters. The van der Waals surface area contributed by atoms with Gasteiger partial charge in [-0.1, -0.05) is 13.8 Å². The van der Waals surface area contributed by atoms with Crippen LogP contribution in [0.1, 0.15) is 42.2 Å². The van der Waals surface area contributed by atoms with Crippen LogP contribution in [0.4, 0.5) is 5.82 Å². The number of hydrogen-bond donors (Lipinski definition) is 1. The monoisotopic (exact) mass is 345 g/mol. The first-order valence-corrected chi connectivity index (χ1v) is 9.27. The van der Waals surface area contributed by atoms with Crippen LogP contribution in [0.2, 0.25) is 0 Å². The van der Waals surface area contributed by atoms with Crippen LogP contribution in [0.3, 0.4) is 0 Å². The van der Waals surface area contributed by atoms with Crippen molar-refractivity contribution >= 4 is 23.1 Å². The van der Waals surface area contributed by atoms with Gasteiger partial charge in [-0.2, -0.15) is 5.10 Å². The molecule has 0 spiro atoms. The number of hydrogen-bond acceptors (Lipinski definition) is 6. The molecular formula is C17H23N5OS. The zero-order valence-electron chi connectivity index (χ0n) is 14.1. The first-order valence-electron chi connectivity index (χ1n) is 8.39. The Hall–Kier alpha value is -2.02. The molecule has 1 amide bonds. The predicted molar refractivity (Wildman–Crippen MR) is 95.2 cm³/mol. The summed E-state index contributed by atoms with van der Waals surface area (Å²) in [4.78, 5) is 19.0. The zero-order chi connectivity index (χ0) is 16.9. The summed E-state index contributed by atoms with van der Waals surface area (Å²) in [6.07, 6.45) is 4.41. The molecule has 7 heteroatoms. The fourth-order valence-electron chi connectivity index (χ4n) is 2.83. The summed E-state index contributed by atoms with van der Waals surface area (Å²) in [7, 11) is 0. The molecule has 3 rings (SSSR count). The Balaban J connectivity index is 1.52. The van der Waals surface area contributed by atoms with Gasteiger partial charge >= 0.3 is 0 Å². The molecule has 0 bridgehead atoms. The van der Waals surface area contributed by atoms with Crippen molar-refractivity contribution in [3.05, 3.63) is 34.4 Å². The number of likely N-dealkylation sites (tertiary alicyclic amines) is 1. The minimum absolute atomic E-state index is 0.0548. The van der Waals surface area contributed by atoms with Crippen LogP contribution in [0.25, 0.3) is 0 Å². The van der Waals surface area contributed by atoms with Crippen molar-refractivity contribution < 1.29 is 4.79 Å². The second-order valence-electron chi connectivity index (χ2n) is 6.54. The molecule has 1 fully saturated rings. The number of aromatic nitrogens is 3. The van der Waals surface area contributed by atoms with Gasteiger partial charge in [-0.15, -0.1) is 16.4 Å². The first kappa shape index (κ1) is 16.8. The van der Waals surface area contributed by atoms with Crippen molar-refractivity contribution in [3.8, 4) is 0 Å². The number of nitrogens with zero attached hydrogens (tertiary/aromatic N) is 4. The van der Waals surface area contributed by atoms with E-state index >= 15 is 0 Å². The lowest BCUT2D eigenvalue weighted by atomic mass is 10.0. The predicted octanol–water partition coefficient (Wildman–Crippen LogP) is 2.85. The molecule has 0 aliphatic carbocycles. The maximum absolute atomic E-state index is 12.6. The molecule has 6 nitrogen and oxygen atoms in total. The number of piperidine rings is 1. The molecule has 0 unspecified atom stereocenters. The molecule has 0 aromatic carbocycles. The van der Waals surface area contributed by atoms with Crippen LogP contribution in [0.5, 0.6) is 0 Å². The van der Waals surface area contributed by atoms with E-state index in [1.807, 2.05) is 22.4 Å². The van der Waals surface area contributed by atoms with Gasteiger partial charge in [0.05, 0.1) is 5.01 Å². The molecule has 2 aromatic rings. The Kier molecular flexibility index (Phi) is 5.40. The van der Waals surface area contributed by atoms with Gasteiger partial charge in [-0.3, -0.25) is 4.79 Å². The van der Waals surface area contributed by atoms with Gasteiger partial charge in [0.15, 0.2) is 0 Å². The van der Waals surface area contributed by atoms with E-state index in [0.717, 1.165) is 43.2 Å². The Morgan fingerprint density at radius 2 is 2.21 bits per heavy atom. The molecule has 1 N–H and O–H groups in total. The van der Waals surface area contributed by atoms with Gasteiger partial charge in [-0.25, -0.2) is 4.98 Å². The summed E-state index contributed by atoms with van der Waals surface area (Å²) in [6.45, 7) is 5.82. The average molecular weight is 345 g/mol. The molecule has 1 aliphatic heterocycles. The van der Waals surface area contributed by atoms with E-state index in [1.165, 1.54) is 0 Å². The van der Waals surface area contributed by atoms with E-state index in [4.69, 9.17) is 0 Å². The van der Waals surface area contributed by atoms with E-state index in [9.17, 15) is 4.79 Å². The molecule has 0 saturated carbocycles. The summed E-state index contributed by atoms with van der Waals surface area (Å²) in [5.74, 6) is 1.40. The average Bonchev–Trinajstić information content (AvgIpc) is 3.03. The Bertz CT molecular complexity index is 665. The topological polar surface area (TPSA) is 71.0 Å². The number of amides is 1. The summed E-state index contributed by atoms with van der Waals surface area (Å²) in [6, 6.07) is 4.11. The fraction of sp³-hybridized carbons (Fsp3) is 0.529. The molecule has 1 saturated heterocycles. The number of anilines is 1. The van der Waals surface area contributed by atoms with Gasteiger partial charge in [0, 0.05) is 37.1 Å². The summed E-state index contributed by atoms with van der Waals surface area (Å²) >= 11 is 1.59. The van der Waals surface area contributed by atoms with E-state index in [0.29, 0.717) is 17.7 Å². The second kappa shape index (κ2) is 7.70. The maximum atomic E-state index is 12.6. The summed E-state index contributed by atoms with van der Waals surface area (Å²) in [5, 5.41) is 14.2. The highest BCUT2D eigenvalue weighted by Crippen LogP contribution is 2.19. The van der Waals surface area contributed by atoms with E-state index in [2.05, 4.69) is 34.3 Å². The molecular weight excluding hydrogens is 322 g/mol. The number of carbonyl (C=O) groups excluding carboxylic acids is 1. The standard InChI is InChI=1S/C17H23N5OS/c1-12(2)10-16-20-14(11-24-16)17(23)22-8-5-13(6-9-22)19-15-4-3-7-18-21-15/h3-4,7,11-13H,5-6,8-10H2,1-2H3,(H,19,21). The lowest BCUT2D eigenvalue weighted by molar-refractivity contribution is 0.0713. The van der Waals surface area contributed by atoms with Crippen molar-refractivity contribution in [2.24, 2.45) is 5.92 Å². The third-order valence-electron chi connectivity index (χ3n) is 4.06. The number of nitrogens with one attached hydrogen (secondary N) is 1. The minimum Gasteiger partial charge on any atom is -0.366 e. The van der Waals surface area contributed by atoms with Crippen molar-refractivity contribution in [2.75, 3.05) is 18.4 Å². The Morgan fingerprint density at radius 1 is 1.42 bits per heavy atom. The molecule has 128 valence electrons. The highest BCUT2D eigenvalue weighted by Gasteiger charge is 2.25. The van der Waals surface area contributed by atoms with Crippen molar-refractivity contribution in [1.29, 1.82) is 0 Å². The molecule has 24 heavy (non-hydrogen) atoms. The lowest BCUT2D eigenvalue weighted by Crippen LogP contribution is -2.42. The summed E-state index contributed by atoms with van der Waals surface area (Å²) in [5.41, 5.74) is 0.594. The number of thiazole rings is 1. The van der Waals surface area contributed by atoms with Gasteiger partial charge < -0.3 is 10.2 Å². The number of carbonyl (C=O) groups is 1. The molecule has 2 aromatic heterocycles. The van der Waals surface area contributed by atoms with Gasteiger partial charge in [0.1, 0.15) is 11.5 Å². The zero-order valence-corrected chi connectivity index (χ0v) is 14.9. The normalized spacial score (nSPS) is 15.7. The van der Waals surface area contributed by atoms with Crippen LogP contribution < -0.4 is 5.32 Å². The largest absolute Gasteiger partial charge is 0.366 e. The van der Waals surface area contributed by atoms with Crippen LogP contribution in [0, 0.1) is 5.92 Å². The van der Waals surface area contributed by atoms with E-state index in [1.54, 1.807) is 17.5 Å². The minimum atomic E-state index is 0.0548. The Labute approximate surface area is 146 Å². The van der Waals surface area contributed by atoms with E-state index < -0.39 is 0 Å². The van der Waals surface area contributed by atoms with Crippen molar-refractivity contribution in [1.82, 2.24) is 20.1 Å². The Morgan fingerprint density at radius 3 is 2.88 bits per heavy atom. The first-order chi connectivity index (χ1) is 11.6. The fourth-order valence-corrected chi connectivity index (χ4v) is 3.81. The van der Waals surface area contributed by atoms with Gasteiger partial charge in [-0.05, 0) is 30.9 Å². The van der Waals surface area contributed by atoms with Crippen molar-refractivity contribution in [2.45, 2.75) is 39.2 Å². The van der Waals surface area contributed by atoms with Gasteiger partial charge in [0.25, 0.3) is 5.91 Å². The van der Waals surface area contributed by atoms with Crippen LogP contribution in [0.15, 0.2) is 23.7 Å². The lowest BCUT2D eigenvalue weighted by Gasteiger charge is -2.32. The number of rotatable bonds is 5. The summed E-state index contributed by atoms with van der Waals surface area (Å²) < 4.78 is 0.